The lowest BCUT2D eigenvalue weighted by Gasteiger charge is -2.15. The van der Waals surface area contributed by atoms with Crippen LogP contribution in [0.5, 0.6) is 11.5 Å². The van der Waals surface area contributed by atoms with Gasteiger partial charge >= 0.3 is 0 Å². The molecule has 0 saturated heterocycles. The molecule has 0 aliphatic carbocycles. The van der Waals surface area contributed by atoms with Crippen LogP contribution in [0.2, 0.25) is 15.1 Å². The van der Waals surface area contributed by atoms with E-state index >= 15 is 0 Å². The van der Waals surface area contributed by atoms with Crippen molar-refractivity contribution in [2.45, 2.75) is 6.61 Å². The van der Waals surface area contributed by atoms with E-state index in [2.05, 4.69) is 5.10 Å². The number of halogens is 3. The first-order valence-electron chi connectivity index (χ1n) is 11.5. The Morgan fingerprint density at radius 2 is 1.68 bits per heavy atom. The van der Waals surface area contributed by atoms with E-state index in [1.54, 1.807) is 48.5 Å². The Morgan fingerprint density at radius 1 is 0.921 bits per heavy atom. The summed E-state index contributed by atoms with van der Waals surface area (Å²) >= 11 is 18.7. The molecule has 0 atom stereocenters. The first kappa shape index (κ1) is 25.8. The summed E-state index contributed by atoms with van der Waals surface area (Å²) in [5.74, 6) is 1.18. The SMILES string of the molecule is COc1cc(Cl)cc(C=Nn2c(-c3ccccc3)nc3ccccc3c2=O)c1OCc1ccc(Cl)cc1Cl. The maximum atomic E-state index is 13.5. The highest BCUT2D eigenvalue weighted by molar-refractivity contribution is 6.35. The Kier molecular flexibility index (Phi) is 7.65. The average Bonchev–Trinajstić information content (AvgIpc) is 2.93. The van der Waals surface area contributed by atoms with Gasteiger partial charge in [-0.05, 0) is 30.3 Å². The number of methoxy groups -OCH3 is 1. The zero-order valence-electron chi connectivity index (χ0n) is 20.1. The van der Waals surface area contributed by atoms with Crippen molar-refractivity contribution in [1.82, 2.24) is 9.66 Å². The van der Waals surface area contributed by atoms with Crippen LogP contribution in [0.1, 0.15) is 11.1 Å². The Labute approximate surface area is 233 Å². The first-order valence-corrected chi connectivity index (χ1v) is 12.6. The number of aromatic nitrogens is 2. The molecule has 0 N–H and O–H groups in total. The molecule has 5 rings (SSSR count). The van der Waals surface area contributed by atoms with Gasteiger partial charge in [0.1, 0.15) is 6.61 Å². The number of para-hydroxylation sites is 1. The monoisotopic (exact) mass is 563 g/mol. The lowest BCUT2D eigenvalue weighted by molar-refractivity contribution is 0.284. The second kappa shape index (κ2) is 11.3. The number of rotatable bonds is 7. The summed E-state index contributed by atoms with van der Waals surface area (Å²) in [4.78, 5) is 18.2. The van der Waals surface area contributed by atoms with Gasteiger partial charge in [0, 0.05) is 37.8 Å². The summed E-state index contributed by atoms with van der Waals surface area (Å²) in [6.07, 6.45) is 1.50. The fourth-order valence-electron chi connectivity index (χ4n) is 3.90. The van der Waals surface area contributed by atoms with Crippen LogP contribution in [0, 0.1) is 0 Å². The molecule has 0 fully saturated rings. The maximum Gasteiger partial charge on any atom is 0.282 e. The summed E-state index contributed by atoms with van der Waals surface area (Å²) in [5.41, 5.74) is 2.24. The fraction of sp³-hybridized carbons (Fsp3) is 0.0690. The Morgan fingerprint density at radius 3 is 2.45 bits per heavy atom. The van der Waals surface area contributed by atoms with Crippen LogP contribution in [0.15, 0.2) is 94.8 Å². The molecule has 5 aromatic rings. The van der Waals surface area contributed by atoms with Crippen molar-refractivity contribution < 1.29 is 9.47 Å². The minimum absolute atomic E-state index is 0.140. The second-order valence-corrected chi connectivity index (χ2v) is 9.51. The number of benzene rings is 4. The molecule has 0 bridgehead atoms. The summed E-state index contributed by atoms with van der Waals surface area (Å²) < 4.78 is 12.9. The van der Waals surface area contributed by atoms with Crippen molar-refractivity contribution in [2.75, 3.05) is 7.11 Å². The van der Waals surface area contributed by atoms with E-state index in [1.165, 1.54) is 18.0 Å². The molecule has 190 valence electrons. The summed E-state index contributed by atoms with van der Waals surface area (Å²) in [5, 5.41) is 6.40. The summed E-state index contributed by atoms with van der Waals surface area (Å²) in [7, 11) is 1.51. The minimum Gasteiger partial charge on any atom is -0.493 e. The van der Waals surface area contributed by atoms with E-state index < -0.39 is 0 Å². The van der Waals surface area contributed by atoms with Gasteiger partial charge in [0.25, 0.3) is 5.56 Å². The predicted molar refractivity (Wildman–Crippen MR) is 153 cm³/mol. The number of ether oxygens (including phenoxy) is 2. The Hall–Kier alpha value is -3.84. The largest absolute Gasteiger partial charge is 0.493 e. The van der Waals surface area contributed by atoms with E-state index in [0.717, 1.165) is 11.1 Å². The topological polar surface area (TPSA) is 65.7 Å². The van der Waals surface area contributed by atoms with Crippen molar-refractivity contribution in [1.29, 1.82) is 0 Å². The number of fused-ring (bicyclic) bond motifs is 1. The van der Waals surface area contributed by atoms with Crippen molar-refractivity contribution in [3.8, 4) is 22.9 Å². The summed E-state index contributed by atoms with van der Waals surface area (Å²) in [6.45, 7) is 0.140. The number of nitrogens with zero attached hydrogens (tertiary/aromatic N) is 3. The molecule has 0 radical (unpaired) electrons. The van der Waals surface area contributed by atoms with Crippen molar-refractivity contribution >= 4 is 51.9 Å². The lowest BCUT2D eigenvalue weighted by atomic mass is 10.2. The smallest absolute Gasteiger partial charge is 0.282 e. The van der Waals surface area contributed by atoms with Crippen molar-refractivity contribution in [2.24, 2.45) is 5.10 Å². The van der Waals surface area contributed by atoms with Crippen LogP contribution >= 0.6 is 34.8 Å². The molecule has 0 aliphatic heterocycles. The van der Waals surface area contributed by atoms with E-state index in [1.807, 2.05) is 36.4 Å². The highest BCUT2D eigenvalue weighted by atomic mass is 35.5. The zero-order chi connectivity index (χ0) is 26.6. The predicted octanol–water partition coefficient (Wildman–Crippen LogP) is 7.49. The van der Waals surface area contributed by atoms with Crippen LogP contribution in [-0.2, 0) is 6.61 Å². The lowest BCUT2D eigenvalue weighted by Crippen LogP contribution is -2.20. The summed E-state index contributed by atoms with van der Waals surface area (Å²) in [6, 6.07) is 25.0. The van der Waals surface area contributed by atoms with Gasteiger partial charge in [-0.1, -0.05) is 83.3 Å². The normalized spacial score (nSPS) is 11.3. The fourth-order valence-corrected chi connectivity index (χ4v) is 4.58. The molecule has 1 heterocycles. The van der Waals surface area contributed by atoms with Gasteiger partial charge in [-0.2, -0.15) is 9.78 Å². The first-order chi connectivity index (χ1) is 18.4. The van der Waals surface area contributed by atoms with E-state index in [9.17, 15) is 4.79 Å². The highest BCUT2D eigenvalue weighted by Gasteiger charge is 2.15. The quantitative estimate of drug-likeness (QED) is 0.192. The third-order valence-corrected chi connectivity index (χ3v) is 6.56. The van der Waals surface area contributed by atoms with Crippen molar-refractivity contribution in [3.05, 3.63) is 121 Å². The molecule has 9 heteroatoms. The van der Waals surface area contributed by atoms with Crippen LogP contribution in [-0.4, -0.2) is 23.0 Å². The van der Waals surface area contributed by atoms with Gasteiger partial charge in [0.2, 0.25) is 0 Å². The molecule has 0 amide bonds. The Balaban J connectivity index is 1.61. The minimum atomic E-state index is -0.310. The van der Waals surface area contributed by atoms with Crippen LogP contribution in [0.25, 0.3) is 22.3 Å². The third-order valence-electron chi connectivity index (χ3n) is 5.75. The van der Waals surface area contributed by atoms with E-state index in [-0.39, 0.29) is 12.2 Å². The second-order valence-electron chi connectivity index (χ2n) is 8.23. The van der Waals surface area contributed by atoms with Gasteiger partial charge in [-0.3, -0.25) is 4.79 Å². The highest BCUT2D eigenvalue weighted by Crippen LogP contribution is 2.35. The molecular formula is C29H20Cl3N3O3. The van der Waals surface area contributed by atoms with Gasteiger partial charge < -0.3 is 9.47 Å². The van der Waals surface area contributed by atoms with Gasteiger partial charge in [0.15, 0.2) is 17.3 Å². The van der Waals surface area contributed by atoms with Gasteiger partial charge in [-0.15, -0.1) is 0 Å². The maximum absolute atomic E-state index is 13.5. The molecule has 0 spiro atoms. The molecule has 38 heavy (non-hydrogen) atoms. The van der Waals surface area contributed by atoms with E-state index in [4.69, 9.17) is 49.3 Å². The van der Waals surface area contributed by atoms with E-state index in [0.29, 0.717) is 48.9 Å². The number of hydrogen-bond acceptors (Lipinski definition) is 5. The third kappa shape index (κ3) is 5.38. The van der Waals surface area contributed by atoms with Crippen molar-refractivity contribution in [3.63, 3.8) is 0 Å². The Bertz CT molecular complexity index is 1720. The van der Waals surface area contributed by atoms with Crippen LogP contribution in [0.4, 0.5) is 0 Å². The number of hydrogen-bond donors (Lipinski definition) is 0. The van der Waals surface area contributed by atoms with Gasteiger partial charge in [0.05, 0.1) is 24.2 Å². The van der Waals surface area contributed by atoms with Gasteiger partial charge in [-0.25, -0.2) is 4.98 Å². The standard InChI is InChI=1S/C29H20Cl3N3O3/c1-37-26-15-22(31)13-20(27(26)38-17-19-11-12-21(30)14-24(19)32)16-33-35-28(18-7-3-2-4-8-18)34-25-10-6-5-9-23(25)29(35)36/h2-16H,17H2,1H3. The molecule has 0 aliphatic rings. The molecular weight excluding hydrogens is 545 g/mol. The molecule has 4 aromatic carbocycles. The van der Waals surface area contributed by atoms with Crippen LogP contribution < -0.4 is 15.0 Å². The average molecular weight is 565 g/mol. The molecule has 1 aromatic heterocycles. The van der Waals surface area contributed by atoms with Crippen LogP contribution in [0.3, 0.4) is 0 Å². The zero-order valence-corrected chi connectivity index (χ0v) is 22.3. The molecule has 0 unspecified atom stereocenters. The molecule has 6 nitrogen and oxygen atoms in total. The molecule has 0 saturated carbocycles.